The predicted octanol–water partition coefficient (Wildman–Crippen LogP) is 1.49. The van der Waals surface area contributed by atoms with Crippen LogP contribution < -0.4 is 0 Å². The van der Waals surface area contributed by atoms with Crippen molar-refractivity contribution < 1.29 is 9.84 Å². The fourth-order valence-corrected chi connectivity index (χ4v) is 1.38. The van der Waals surface area contributed by atoms with Gasteiger partial charge < -0.3 is 9.84 Å². The van der Waals surface area contributed by atoms with Crippen molar-refractivity contribution in [3.05, 3.63) is 12.7 Å². The van der Waals surface area contributed by atoms with E-state index in [0.29, 0.717) is 0 Å². The number of aliphatic hydroxyl groups is 1. The molecule has 1 heterocycles. The zero-order valence-electron chi connectivity index (χ0n) is 6.83. The lowest BCUT2D eigenvalue weighted by Gasteiger charge is -2.15. The molecular formula is C9H16O2. The van der Waals surface area contributed by atoms with E-state index in [4.69, 9.17) is 4.74 Å². The van der Waals surface area contributed by atoms with Crippen LogP contribution >= 0.6 is 0 Å². The van der Waals surface area contributed by atoms with Gasteiger partial charge in [-0.05, 0) is 25.7 Å². The Balaban J connectivity index is 2.16. The standard InChI is InChI=1S/C9H16O2/c1-2-3-5-8(10)9-6-4-7-11-9/h2,8-10H,1,3-7H2. The molecule has 1 aliphatic rings. The van der Waals surface area contributed by atoms with Gasteiger partial charge in [-0.25, -0.2) is 0 Å². The predicted molar refractivity (Wildman–Crippen MR) is 44.4 cm³/mol. The second kappa shape index (κ2) is 4.52. The summed E-state index contributed by atoms with van der Waals surface area (Å²) in [5.41, 5.74) is 0. The first-order valence-electron chi connectivity index (χ1n) is 4.25. The van der Waals surface area contributed by atoms with Gasteiger partial charge in [-0.1, -0.05) is 6.08 Å². The molecule has 2 heteroatoms. The topological polar surface area (TPSA) is 29.5 Å². The Bertz CT molecular complexity index is 117. The highest BCUT2D eigenvalue weighted by Gasteiger charge is 2.22. The Morgan fingerprint density at radius 1 is 1.73 bits per heavy atom. The summed E-state index contributed by atoms with van der Waals surface area (Å²) in [6, 6.07) is 0. The van der Waals surface area contributed by atoms with Gasteiger partial charge >= 0.3 is 0 Å². The third-order valence-corrected chi connectivity index (χ3v) is 2.06. The van der Waals surface area contributed by atoms with Crippen molar-refractivity contribution in [2.45, 2.75) is 37.9 Å². The molecule has 2 unspecified atom stereocenters. The van der Waals surface area contributed by atoms with Gasteiger partial charge in [-0.15, -0.1) is 6.58 Å². The van der Waals surface area contributed by atoms with Crippen LogP contribution in [0.5, 0.6) is 0 Å². The van der Waals surface area contributed by atoms with Gasteiger partial charge in [0, 0.05) is 6.61 Å². The number of aliphatic hydroxyl groups excluding tert-OH is 1. The number of rotatable bonds is 4. The SMILES string of the molecule is C=CCCC(O)C1CCCO1. The minimum atomic E-state index is -0.282. The minimum Gasteiger partial charge on any atom is -0.390 e. The highest BCUT2D eigenvalue weighted by Crippen LogP contribution is 2.18. The van der Waals surface area contributed by atoms with Gasteiger partial charge in [0.15, 0.2) is 0 Å². The van der Waals surface area contributed by atoms with Gasteiger partial charge in [0.2, 0.25) is 0 Å². The van der Waals surface area contributed by atoms with Crippen LogP contribution in [-0.4, -0.2) is 23.9 Å². The van der Waals surface area contributed by atoms with Gasteiger partial charge in [-0.3, -0.25) is 0 Å². The Morgan fingerprint density at radius 2 is 2.55 bits per heavy atom. The first kappa shape index (κ1) is 8.75. The molecule has 1 aliphatic heterocycles. The molecule has 2 nitrogen and oxygen atoms in total. The van der Waals surface area contributed by atoms with E-state index < -0.39 is 0 Å². The number of hydrogen-bond donors (Lipinski definition) is 1. The molecule has 11 heavy (non-hydrogen) atoms. The lowest BCUT2D eigenvalue weighted by atomic mass is 10.1. The van der Waals surface area contributed by atoms with E-state index in [9.17, 15) is 5.11 Å². The maximum absolute atomic E-state index is 9.51. The molecule has 0 saturated carbocycles. The summed E-state index contributed by atoms with van der Waals surface area (Å²) in [4.78, 5) is 0. The molecule has 64 valence electrons. The van der Waals surface area contributed by atoms with Crippen LogP contribution in [0.3, 0.4) is 0 Å². The average Bonchev–Trinajstić information content (AvgIpc) is 2.52. The molecular weight excluding hydrogens is 140 g/mol. The van der Waals surface area contributed by atoms with Crippen molar-refractivity contribution in [3.63, 3.8) is 0 Å². The zero-order valence-corrected chi connectivity index (χ0v) is 6.83. The van der Waals surface area contributed by atoms with Crippen LogP contribution in [-0.2, 0) is 4.74 Å². The van der Waals surface area contributed by atoms with Crippen LogP contribution in [0.1, 0.15) is 25.7 Å². The molecule has 2 atom stereocenters. The van der Waals surface area contributed by atoms with Gasteiger partial charge in [-0.2, -0.15) is 0 Å². The highest BCUT2D eigenvalue weighted by molar-refractivity contribution is 4.77. The molecule has 1 saturated heterocycles. The Hall–Kier alpha value is -0.340. The van der Waals surface area contributed by atoms with Crippen molar-refractivity contribution in [1.82, 2.24) is 0 Å². The van der Waals surface area contributed by atoms with E-state index in [2.05, 4.69) is 6.58 Å². The first-order valence-corrected chi connectivity index (χ1v) is 4.25. The Morgan fingerprint density at radius 3 is 3.09 bits per heavy atom. The van der Waals surface area contributed by atoms with E-state index in [1.54, 1.807) is 0 Å². The van der Waals surface area contributed by atoms with E-state index >= 15 is 0 Å². The number of ether oxygens (including phenoxy) is 1. The lowest BCUT2D eigenvalue weighted by Crippen LogP contribution is -2.24. The lowest BCUT2D eigenvalue weighted by molar-refractivity contribution is -0.00468. The monoisotopic (exact) mass is 156 g/mol. The fraction of sp³-hybridized carbons (Fsp3) is 0.778. The van der Waals surface area contributed by atoms with Gasteiger partial charge in [0.05, 0.1) is 12.2 Å². The maximum Gasteiger partial charge on any atom is 0.0834 e. The Kier molecular flexibility index (Phi) is 3.60. The summed E-state index contributed by atoms with van der Waals surface area (Å²) in [6.45, 7) is 4.42. The minimum absolute atomic E-state index is 0.0925. The largest absolute Gasteiger partial charge is 0.390 e. The third kappa shape index (κ3) is 2.64. The number of hydrogen-bond acceptors (Lipinski definition) is 2. The molecule has 0 bridgehead atoms. The van der Waals surface area contributed by atoms with Crippen LogP contribution in [0.2, 0.25) is 0 Å². The van der Waals surface area contributed by atoms with Crippen LogP contribution in [0.15, 0.2) is 12.7 Å². The second-order valence-corrected chi connectivity index (χ2v) is 2.98. The number of allylic oxidation sites excluding steroid dienone is 1. The average molecular weight is 156 g/mol. The van der Waals surface area contributed by atoms with E-state index in [1.807, 2.05) is 6.08 Å². The summed E-state index contributed by atoms with van der Waals surface area (Å²) < 4.78 is 5.33. The fourth-order valence-electron chi connectivity index (χ4n) is 1.38. The second-order valence-electron chi connectivity index (χ2n) is 2.98. The van der Waals surface area contributed by atoms with Crippen LogP contribution in [0, 0.1) is 0 Å². The molecule has 0 aromatic heterocycles. The van der Waals surface area contributed by atoms with E-state index in [-0.39, 0.29) is 12.2 Å². The molecule has 1 fully saturated rings. The smallest absolute Gasteiger partial charge is 0.0834 e. The van der Waals surface area contributed by atoms with E-state index in [0.717, 1.165) is 32.3 Å². The van der Waals surface area contributed by atoms with Crippen molar-refractivity contribution in [2.24, 2.45) is 0 Å². The van der Waals surface area contributed by atoms with Crippen molar-refractivity contribution >= 4 is 0 Å². The molecule has 0 aromatic carbocycles. The quantitative estimate of drug-likeness (QED) is 0.625. The van der Waals surface area contributed by atoms with Gasteiger partial charge in [0.1, 0.15) is 0 Å². The normalized spacial score (nSPS) is 26.8. The summed E-state index contributed by atoms with van der Waals surface area (Å²) in [6.07, 6.45) is 5.41. The summed E-state index contributed by atoms with van der Waals surface area (Å²) in [7, 11) is 0. The third-order valence-electron chi connectivity index (χ3n) is 2.06. The van der Waals surface area contributed by atoms with Crippen molar-refractivity contribution in [2.75, 3.05) is 6.61 Å². The summed E-state index contributed by atoms with van der Waals surface area (Å²) >= 11 is 0. The molecule has 0 radical (unpaired) electrons. The highest BCUT2D eigenvalue weighted by atomic mass is 16.5. The van der Waals surface area contributed by atoms with E-state index in [1.165, 1.54) is 0 Å². The molecule has 1 rings (SSSR count). The Labute approximate surface area is 67.9 Å². The summed E-state index contributed by atoms with van der Waals surface area (Å²) in [5, 5.41) is 9.51. The van der Waals surface area contributed by atoms with Gasteiger partial charge in [0.25, 0.3) is 0 Å². The molecule has 0 aromatic rings. The molecule has 0 amide bonds. The molecule has 1 N–H and O–H groups in total. The van der Waals surface area contributed by atoms with Crippen molar-refractivity contribution in [1.29, 1.82) is 0 Å². The maximum atomic E-state index is 9.51. The van der Waals surface area contributed by atoms with Crippen LogP contribution in [0.4, 0.5) is 0 Å². The van der Waals surface area contributed by atoms with Crippen LogP contribution in [0.25, 0.3) is 0 Å². The molecule has 0 aliphatic carbocycles. The molecule has 0 spiro atoms. The first-order chi connectivity index (χ1) is 5.34. The zero-order chi connectivity index (χ0) is 8.10. The summed E-state index contributed by atoms with van der Waals surface area (Å²) in [5.74, 6) is 0. The van der Waals surface area contributed by atoms with Crippen molar-refractivity contribution in [3.8, 4) is 0 Å².